The molecule has 15 rings (SSSR count). The maximum atomic E-state index is 6.78. The fourth-order valence-electron chi connectivity index (χ4n) is 12.3. The number of aromatic nitrogens is 1. The molecule has 1 spiro atoms. The number of fused-ring (bicyclic) bond motifs is 18. The van der Waals surface area contributed by atoms with Crippen molar-refractivity contribution in [2.45, 2.75) is 5.41 Å². The van der Waals surface area contributed by atoms with E-state index in [1.807, 2.05) is 0 Å². The molecule has 0 saturated carbocycles. The zero-order valence-corrected chi connectivity index (χ0v) is 38.1. The van der Waals surface area contributed by atoms with Gasteiger partial charge in [0.05, 0.1) is 16.4 Å². The van der Waals surface area contributed by atoms with E-state index < -0.39 is 5.41 Å². The fourth-order valence-corrected chi connectivity index (χ4v) is 12.3. The number of benzene rings is 11. The van der Waals surface area contributed by atoms with E-state index >= 15 is 0 Å². The highest BCUT2D eigenvalue weighted by Gasteiger charge is 2.50. The molecule has 0 N–H and O–H groups in total. The smallest absolute Gasteiger partial charge is 0.135 e. The first-order chi connectivity index (χ1) is 34.7. The Morgan fingerprint density at radius 2 is 0.829 bits per heavy atom. The molecule has 1 unspecified atom stereocenters. The van der Waals surface area contributed by atoms with Crippen LogP contribution in [0.1, 0.15) is 22.3 Å². The average Bonchev–Trinajstić information content (AvgIpc) is 4.04. The van der Waals surface area contributed by atoms with Crippen LogP contribution in [0.3, 0.4) is 0 Å². The van der Waals surface area contributed by atoms with Crippen LogP contribution in [0, 0.1) is 0 Å². The first-order valence-corrected chi connectivity index (χ1v) is 24.2. The first kappa shape index (κ1) is 38.9. The van der Waals surface area contributed by atoms with E-state index in [1.165, 1.54) is 88.6 Å². The molecule has 2 aliphatic carbocycles. The van der Waals surface area contributed by atoms with Gasteiger partial charge in [0, 0.05) is 44.3 Å². The molecule has 3 heteroatoms. The Morgan fingerprint density at radius 3 is 1.59 bits per heavy atom. The van der Waals surface area contributed by atoms with Gasteiger partial charge in [-0.1, -0.05) is 176 Å². The summed E-state index contributed by atoms with van der Waals surface area (Å²) in [5.41, 5.74) is 22.5. The summed E-state index contributed by atoms with van der Waals surface area (Å²) in [4.78, 5) is 2.46. The molecule has 2 aliphatic rings. The third kappa shape index (κ3) is 5.46. The van der Waals surface area contributed by atoms with Crippen molar-refractivity contribution in [3.05, 3.63) is 277 Å². The molecule has 0 saturated heterocycles. The zero-order valence-electron chi connectivity index (χ0n) is 38.1. The number of furan rings is 1. The number of rotatable bonds is 5. The van der Waals surface area contributed by atoms with Crippen LogP contribution < -0.4 is 4.90 Å². The largest absolute Gasteiger partial charge is 0.456 e. The van der Waals surface area contributed by atoms with Gasteiger partial charge in [-0.2, -0.15) is 0 Å². The Labute approximate surface area is 405 Å². The molecule has 2 heterocycles. The summed E-state index contributed by atoms with van der Waals surface area (Å²) in [6.45, 7) is 0. The van der Waals surface area contributed by atoms with E-state index in [9.17, 15) is 0 Å². The lowest BCUT2D eigenvalue weighted by Gasteiger charge is -2.36. The summed E-state index contributed by atoms with van der Waals surface area (Å²) in [5, 5.41) is 4.68. The number of hydrogen-bond acceptors (Lipinski definition) is 2. The minimum atomic E-state index is -0.712. The Kier molecular flexibility index (Phi) is 8.28. The van der Waals surface area contributed by atoms with Crippen molar-refractivity contribution in [3.8, 4) is 50.2 Å². The van der Waals surface area contributed by atoms with E-state index in [0.29, 0.717) is 0 Å². The average molecular weight is 891 g/mol. The Morgan fingerprint density at radius 1 is 0.300 bits per heavy atom. The van der Waals surface area contributed by atoms with Crippen LogP contribution in [0.2, 0.25) is 0 Å². The molecule has 13 aromatic rings. The van der Waals surface area contributed by atoms with Gasteiger partial charge in [0.1, 0.15) is 11.2 Å². The molecular weight excluding hydrogens is 849 g/mol. The molecule has 326 valence electrons. The lowest BCUT2D eigenvalue weighted by molar-refractivity contribution is 0.666. The summed E-state index contributed by atoms with van der Waals surface area (Å²) in [7, 11) is 0. The van der Waals surface area contributed by atoms with Crippen molar-refractivity contribution in [2.24, 2.45) is 0 Å². The molecule has 0 amide bonds. The molecule has 0 bridgehead atoms. The van der Waals surface area contributed by atoms with Crippen LogP contribution >= 0.6 is 0 Å². The van der Waals surface area contributed by atoms with Crippen molar-refractivity contribution in [1.29, 1.82) is 0 Å². The second-order valence-corrected chi connectivity index (χ2v) is 18.7. The predicted octanol–water partition coefficient (Wildman–Crippen LogP) is 17.8. The second kappa shape index (κ2) is 14.9. The van der Waals surface area contributed by atoms with E-state index in [2.05, 4.69) is 264 Å². The van der Waals surface area contributed by atoms with Crippen molar-refractivity contribution >= 4 is 60.8 Å². The number of hydrogen-bond donors (Lipinski definition) is 0. The summed E-state index contributed by atoms with van der Waals surface area (Å²) in [6, 6.07) is 93.9. The second-order valence-electron chi connectivity index (χ2n) is 18.7. The molecule has 0 aliphatic heterocycles. The van der Waals surface area contributed by atoms with Gasteiger partial charge in [-0.15, -0.1) is 0 Å². The zero-order chi connectivity index (χ0) is 45.9. The van der Waals surface area contributed by atoms with E-state index in [1.54, 1.807) is 0 Å². The van der Waals surface area contributed by atoms with Crippen molar-refractivity contribution < 1.29 is 4.42 Å². The summed E-state index contributed by atoms with van der Waals surface area (Å²) < 4.78 is 9.18. The van der Waals surface area contributed by atoms with Gasteiger partial charge in [0.2, 0.25) is 0 Å². The highest BCUT2D eigenvalue weighted by atomic mass is 16.3. The van der Waals surface area contributed by atoms with Gasteiger partial charge in [0.25, 0.3) is 0 Å². The van der Waals surface area contributed by atoms with E-state index in [4.69, 9.17) is 4.42 Å². The summed E-state index contributed by atoms with van der Waals surface area (Å²) in [6.07, 6.45) is 0. The molecule has 0 radical (unpaired) electrons. The minimum absolute atomic E-state index is 0.712. The van der Waals surface area contributed by atoms with Crippen LogP contribution in [-0.2, 0) is 5.41 Å². The molecule has 11 aromatic carbocycles. The Balaban J connectivity index is 1.04. The monoisotopic (exact) mass is 890 g/mol. The Bertz CT molecular complexity index is 4240. The molecular formula is C67H42N2O. The highest BCUT2D eigenvalue weighted by molar-refractivity contribution is 6.12. The van der Waals surface area contributed by atoms with Gasteiger partial charge in [-0.05, 0) is 146 Å². The molecule has 2 aromatic heterocycles. The lowest BCUT2D eigenvalue weighted by Crippen LogP contribution is -2.29. The number of para-hydroxylation sites is 3. The number of anilines is 3. The standard InChI is InChI=1S/C67H42N2O/c1-3-17-43(18-4-1)44-31-33-46(34-32-44)68(47-36-38-64-57(39-47)54-25-11-15-29-63(54)69(64)45-19-5-2-6-20-45)48-35-37-53-50-22-8-7-21-49(50)51-23-9-13-27-59(51)67(61(53)40-48)60-28-14-10-24-52(60)56-41-58-55-26-12-16-30-65(55)70-66(58)42-62(56)67/h1-42H. The first-order valence-electron chi connectivity index (χ1n) is 24.2. The summed E-state index contributed by atoms with van der Waals surface area (Å²) >= 11 is 0. The molecule has 0 fully saturated rings. The van der Waals surface area contributed by atoms with Crippen molar-refractivity contribution in [3.63, 3.8) is 0 Å². The van der Waals surface area contributed by atoms with E-state index in [-0.39, 0.29) is 0 Å². The Hall–Kier alpha value is -9.18. The SMILES string of the molecule is c1ccc(-c2ccc(N(c3ccc4c(c3)C3(c5ccccc5-c5ccccc5-4)c4ccccc4-c4cc5c(cc43)oc3ccccc35)c3ccc4c(c3)c3ccccc3n4-c3ccccc3)cc2)cc1. The molecule has 70 heavy (non-hydrogen) atoms. The van der Waals surface area contributed by atoms with Gasteiger partial charge < -0.3 is 13.9 Å². The lowest BCUT2D eigenvalue weighted by atomic mass is 9.65. The van der Waals surface area contributed by atoms with Crippen LogP contribution in [-0.4, -0.2) is 4.57 Å². The summed E-state index contributed by atoms with van der Waals surface area (Å²) in [5.74, 6) is 0. The van der Waals surface area contributed by atoms with E-state index in [0.717, 1.165) is 44.7 Å². The van der Waals surface area contributed by atoms with Gasteiger partial charge >= 0.3 is 0 Å². The maximum absolute atomic E-state index is 6.78. The van der Waals surface area contributed by atoms with Crippen LogP contribution in [0.25, 0.3) is 93.9 Å². The van der Waals surface area contributed by atoms with Crippen LogP contribution in [0.5, 0.6) is 0 Å². The van der Waals surface area contributed by atoms with Gasteiger partial charge in [0.15, 0.2) is 0 Å². The topological polar surface area (TPSA) is 21.3 Å². The van der Waals surface area contributed by atoms with Gasteiger partial charge in [-0.3, -0.25) is 0 Å². The highest BCUT2D eigenvalue weighted by Crippen LogP contribution is 2.63. The van der Waals surface area contributed by atoms with Gasteiger partial charge in [-0.25, -0.2) is 0 Å². The van der Waals surface area contributed by atoms with Crippen molar-refractivity contribution in [2.75, 3.05) is 4.90 Å². The third-order valence-corrected chi connectivity index (χ3v) is 15.2. The van der Waals surface area contributed by atoms with Crippen molar-refractivity contribution in [1.82, 2.24) is 4.57 Å². The normalized spacial score (nSPS) is 14.3. The van der Waals surface area contributed by atoms with Crippen LogP contribution in [0.4, 0.5) is 17.1 Å². The minimum Gasteiger partial charge on any atom is -0.456 e. The predicted molar refractivity (Wildman–Crippen MR) is 290 cm³/mol. The molecule has 1 atom stereocenters. The molecule has 3 nitrogen and oxygen atoms in total. The van der Waals surface area contributed by atoms with Crippen LogP contribution in [0.15, 0.2) is 259 Å². The quantitative estimate of drug-likeness (QED) is 0.172. The fraction of sp³-hybridized carbons (Fsp3) is 0.0149. The maximum Gasteiger partial charge on any atom is 0.135 e. The third-order valence-electron chi connectivity index (χ3n) is 15.2. The number of nitrogens with zero attached hydrogens (tertiary/aromatic N) is 2.